The van der Waals surface area contributed by atoms with Crippen LogP contribution < -0.4 is 16.4 Å². The third kappa shape index (κ3) is 4.64. The van der Waals surface area contributed by atoms with Crippen LogP contribution in [0.25, 0.3) is 0 Å². The molecule has 1 amide bonds. The molecule has 0 aliphatic heterocycles. The first-order valence-electron chi connectivity index (χ1n) is 5.22. The normalized spacial score (nSPS) is 10.0. The highest BCUT2D eigenvalue weighted by molar-refractivity contribution is 5.74. The Kier molecular flexibility index (Phi) is 5.15. The number of nitrogens with one attached hydrogen (secondary N) is 2. The van der Waals surface area contributed by atoms with E-state index in [-0.39, 0.29) is 12.3 Å². The van der Waals surface area contributed by atoms with Crippen molar-refractivity contribution in [1.82, 2.24) is 9.97 Å². The second-order valence-electron chi connectivity index (χ2n) is 3.38. The maximum absolute atomic E-state index is 10.6. The lowest BCUT2D eigenvalue weighted by Crippen LogP contribution is -2.16. The molecule has 0 radical (unpaired) electrons. The zero-order valence-corrected chi connectivity index (χ0v) is 9.99. The maximum Gasteiger partial charge on any atom is 0.219 e. The first-order valence-corrected chi connectivity index (χ1v) is 5.22. The van der Waals surface area contributed by atoms with Crippen LogP contribution in [0.2, 0.25) is 0 Å². The number of amides is 1. The van der Waals surface area contributed by atoms with Gasteiger partial charge < -0.3 is 21.1 Å². The number of hydrogen-bond acceptors (Lipinski definition) is 6. The number of carbonyl (C=O) groups is 1. The topological polar surface area (TPSA) is 102 Å². The third-order valence-corrected chi connectivity index (χ3v) is 1.98. The van der Waals surface area contributed by atoms with Crippen LogP contribution in [-0.2, 0) is 16.1 Å². The summed E-state index contributed by atoms with van der Waals surface area (Å²) in [5.41, 5.74) is 5.05. The number of methoxy groups -OCH3 is 1. The number of carbonyl (C=O) groups excluding carboxylic acids is 1. The van der Waals surface area contributed by atoms with Crippen LogP contribution in [0.3, 0.4) is 0 Å². The van der Waals surface area contributed by atoms with Crippen molar-refractivity contribution in [3.05, 3.63) is 11.9 Å². The molecule has 0 aromatic carbocycles. The van der Waals surface area contributed by atoms with Crippen molar-refractivity contribution < 1.29 is 9.53 Å². The van der Waals surface area contributed by atoms with Gasteiger partial charge in [-0.3, -0.25) is 4.79 Å². The summed E-state index contributed by atoms with van der Waals surface area (Å²) in [6.45, 7) is 0.780. The molecule has 0 fully saturated rings. The van der Waals surface area contributed by atoms with E-state index in [1.165, 1.54) is 0 Å². The monoisotopic (exact) mass is 239 g/mol. The Morgan fingerprint density at radius 1 is 1.47 bits per heavy atom. The molecule has 1 heterocycles. The molecule has 94 valence electrons. The predicted molar refractivity (Wildman–Crippen MR) is 64.6 cm³/mol. The Balaban J connectivity index is 2.69. The lowest BCUT2D eigenvalue weighted by atomic mass is 10.4. The van der Waals surface area contributed by atoms with E-state index >= 15 is 0 Å². The van der Waals surface area contributed by atoms with Crippen molar-refractivity contribution in [1.29, 1.82) is 0 Å². The van der Waals surface area contributed by atoms with E-state index in [2.05, 4.69) is 20.6 Å². The molecular formula is C10H17N5O2. The largest absolute Gasteiger partial charge is 0.377 e. The first-order chi connectivity index (χ1) is 8.15. The smallest absolute Gasteiger partial charge is 0.219 e. The molecule has 17 heavy (non-hydrogen) atoms. The number of nitrogens with two attached hydrogens (primary N) is 1. The number of anilines is 2. The molecule has 4 N–H and O–H groups in total. The lowest BCUT2D eigenvalue weighted by Gasteiger charge is -2.08. The zero-order valence-electron chi connectivity index (χ0n) is 9.99. The van der Waals surface area contributed by atoms with Crippen molar-refractivity contribution in [2.75, 3.05) is 31.3 Å². The summed E-state index contributed by atoms with van der Waals surface area (Å²) in [7, 11) is 3.35. The lowest BCUT2D eigenvalue weighted by molar-refractivity contribution is -0.117. The van der Waals surface area contributed by atoms with Gasteiger partial charge in [0.2, 0.25) is 5.91 Å². The summed E-state index contributed by atoms with van der Waals surface area (Å²) in [5.74, 6) is 1.55. The summed E-state index contributed by atoms with van der Waals surface area (Å²) in [6.07, 6.45) is 0.262. The number of rotatable bonds is 7. The molecule has 0 aliphatic carbocycles. The second kappa shape index (κ2) is 6.64. The quantitative estimate of drug-likeness (QED) is 0.616. The van der Waals surface area contributed by atoms with Crippen molar-refractivity contribution in [3.63, 3.8) is 0 Å². The number of ether oxygens (including phenoxy) is 1. The van der Waals surface area contributed by atoms with Crippen molar-refractivity contribution >= 4 is 17.5 Å². The Labute approximate surface area is 99.8 Å². The van der Waals surface area contributed by atoms with Crippen LogP contribution in [0.1, 0.15) is 12.2 Å². The van der Waals surface area contributed by atoms with E-state index in [1.807, 2.05) is 0 Å². The van der Waals surface area contributed by atoms with Crippen LogP contribution in [0.15, 0.2) is 6.07 Å². The SMILES string of the molecule is CNc1cc(NCCC(N)=O)nc(COC)n1. The number of aromatic nitrogens is 2. The average Bonchev–Trinajstić information content (AvgIpc) is 2.28. The molecule has 1 aromatic heterocycles. The van der Waals surface area contributed by atoms with Crippen molar-refractivity contribution in [2.45, 2.75) is 13.0 Å². The van der Waals surface area contributed by atoms with Gasteiger partial charge in [0.15, 0.2) is 5.82 Å². The Morgan fingerprint density at radius 2 is 2.18 bits per heavy atom. The highest BCUT2D eigenvalue weighted by atomic mass is 16.5. The van der Waals surface area contributed by atoms with E-state index in [4.69, 9.17) is 10.5 Å². The minimum Gasteiger partial charge on any atom is -0.377 e. The number of hydrogen-bond donors (Lipinski definition) is 3. The van der Waals surface area contributed by atoms with Gasteiger partial charge in [-0.2, -0.15) is 0 Å². The van der Waals surface area contributed by atoms with Gasteiger partial charge in [-0.25, -0.2) is 9.97 Å². The molecule has 0 bridgehead atoms. The van der Waals surface area contributed by atoms with Gasteiger partial charge in [0.1, 0.15) is 18.2 Å². The van der Waals surface area contributed by atoms with Gasteiger partial charge >= 0.3 is 0 Å². The van der Waals surface area contributed by atoms with Gasteiger partial charge in [0.25, 0.3) is 0 Å². The van der Waals surface area contributed by atoms with E-state index in [0.717, 1.165) is 0 Å². The number of primary amides is 1. The van der Waals surface area contributed by atoms with Crippen LogP contribution in [-0.4, -0.2) is 36.6 Å². The van der Waals surface area contributed by atoms with E-state index < -0.39 is 0 Å². The fourth-order valence-corrected chi connectivity index (χ4v) is 1.22. The first kappa shape index (κ1) is 13.2. The molecular weight excluding hydrogens is 222 g/mol. The van der Waals surface area contributed by atoms with Crippen LogP contribution in [0.4, 0.5) is 11.6 Å². The molecule has 0 saturated heterocycles. The summed E-state index contributed by atoms with van der Waals surface area (Å²) in [4.78, 5) is 19.0. The molecule has 7 nitrogen and oxygen atoms in total. The second-order valence-corrected chi connectivity index (χ2v) is 3.38. The van der Waals surface area contributed by atoms with Gasteiger partial charge in [-0.1, -0.05) is 0 Å². The highest BCUT2D eigenvalue weighted by Crippen LogP contribution is 2.11. The fraction of sp³-hybridized carbons (Fsp3) is 0.500. The van der Waals surface area contributed by atoms with Gasteiger partial charge in [-0.15, -0.1) is 0 Å². The van der Waals surface area contributed by atoms with Crippen LogP contribution in [0, 0.1) is 0 Å². The molecule has 0 atom stereocenters. The van der Waals surface area contributed by atoms with Crippen LogP contribution >= 0.6 is 0 Å². The fourth-order valence-electron chi connectivity index (χ4n) is 1.22. The maximum atomic E-state index is 10.6. The molecule has 0 unspecified atom stereocenters. The number of nitrogens with zero attached hydrogens (tertiary/aromatic N) is 2. The summed E-state index contributed by atoms with van der Waals surface area (Å²) < 4.78 is 4.97. The van der Waals surface area contributed by atoms with Gasteiger partial charge in [0.05, 0.1) is 0 Å². The highest BCUT2D eigenvalue weighted by Gasteiger charge is 2.03. The van der Waals surface area contributed by atoms with E-state index in [9.17, 15) is 4.79 Å². The Bertz CT molecular complexity index is 383. The predicted octanol–water partition coefficient (Wildman–Crippen LogP) is -0.0480. The van der Waals surface area contributed by atoms with E-state index in [0.29, 0.717) is 30.6 Å². The molecule has 0 spiro atoms. The third-order valence-electron chi connectivity index (χ3n) is 1.98. The van der Waals surface area contributed by atoms with Crippen LogP contribution in [0.5, 0.6) is 0 Å². The Hall–Kier alpha value is -1.89. The molecule has 1 aromatic rings. The minimum absolute atomic E-state index is 0.262. The summed E-state index contributed by atoms with van der Waals surface area (Å²) >= 11 is 0. The summed E-state index contributed by atoms with van der Waals surface area (Å²) in [6, 6.07) is 1.75. The van der Waals surface area contributed by atoms with Crippen molar-refractivity contribution in [3.8, 4) is 0 Å². The minimum atomic E-state index is -0.350. The molecule has 7 heteroatoms. The molecule has 0 saturated carbocycles. The molecule has 1 rings (SSSR count). The zero-order chi connectivity index (χ0) is 12.7. The average molecular weight is 239 g/mol. The summed E-state index contributed by atoms with van der Waals surface area (Å²) in [5, 5.41) is 5.93. The van der Waals surface area contributed by atoms with Gasteiger partial charge in [0, 0.05) is 33.2 Å². The Morgan fingerprint density at radius 3 is 2.76 bits per heavy atom. The molecule has 0 aliphatic rings. The van der Waals surface area contributed by atoms with Gasteiger partial charge in [-0.05, 0) is 0 Å². The van der Waals surface area contributed by atoms with E-state index in [1.54, 1.807) is 20.2 Å². The standard InChI is InChI=1S/C10H17N5O2/c1-12-8-5-9(13-4-3-7(11)16)15-10(14-8)6-17-2/h5H,3-4,6H2,1-2H3,(H2,11,16)(H2,12,13,14,15). The van der Waals surface area contributed by atoms with Crippen molar-refractivity contribution in [2.24, 2.45) is 5.73 Å².